The number of piperidine rings is 1. The number of hydrogen-bond acceptors (Lipinski definition) is 4. The minimum atomic E-state index is -0.523. The van der Waals surface area contributed by atoms with E-state index in [-0.39, 0.29) is 24.2 Å². The van der Waals surface area contributed by atoms with Gasteiger partial charge in [-0.15, -0.1) is 0 Å². The highest BCUT2D eigenvalue weighted by Gasteiger charge is 2.22. The van der Waals surface area contributed by atoms with Crippen LogP contribution in [0, 0.1) is 5.82 Å². The van der Waals surface area contributed by atoms with Crippen molar-refractivity contribution in [3.8, 4) is 5.75 Å². The van der Waals surface area contributed by atoms with Gasteiger partial charge in [-0.2, -0.15) is 0 Å². The van der Waals surface area contributed by atoms with Crippen molar-refractivity contribution in [1.29, 1.82) is 0 Å². The number of amides is 2. The van der Waals surface area contributed by atoms with Gasteiger partial charge in [-0.3, -0.25) is 14.5 Å². The third kappa shape index (κ3) is 6.42. The SMILES string of the molecule is O=C(COc1ccccc1C(=O)NC1CCN(Cc2ccccc2)CC1)Nc1ccccc1F. The fourth-order valence-corrected chi connectivity index (χ4v) is 4.01. The van der Waals surface area contributed by atoms with Crippen LogP contribution >= 0.6 is 0 Å². The van der Waals surface area contributed by atoms with Gasteiger partial charge >= 0.3 is 0 Å². The van der Waals surface area contributed by atoms with Gasteiger partial charge in [0.1, 0.15) is 11.6 Å². The van der Waals surface area contributed by atoms with E-state index in [1.165, 1.54) is 17.7 Å². The van der Waals surface area contributed by atoms with E-state index in [9.17, 15) is 14.0 Å². The molecule has 0 radical (unpaired) electrons. The monoisotopic (exact) mass is 461 g/mol. The van der Waals surface area contributed by atoms with Crippen LogP contribution in [-0.2, 0) is 11.3 Å². The van der Waals surface area contributed by atoms with Crippen LogP contribution in [0.2, 0.25) is 0 Å². The number of nitrogens with one attached hydrogen (secondary N) is 2. The molecule has 176 valence electrons. The highest BCUT2D eigenvalue weighted by atomic mass is 19.1. The normalized spacial score (nSPS) is 14.4. The fourth-order valence-electron chi connectivity index (χ4n) is 4.01. The molecule has 0 unspecified atom stereocenters. The maximum atomic E-state index is 13.7. The van der Waals surface area contributed by atoms with Crippen molar-refractivity contribution < 1.29 is 18.7 Å². The first-order valence-corrected chi connectivity index (χ1v) is 11.4. The minimum Gasteiger partial charge on any atom is -0.483 e. The fraction of sp³-hybridized carbons (Fsp3) is 0.259. The van der Waals surface area contributed by atoms with Crippen molar-refractivity contribution >= 4 is 17.5 Å². The number of para-hydroxylation sites is 2. The Labute approximate surface area is 198 Å². The third-order valence-corrected chi connectivity index (χ3v) is 5.81. The predicted octanol–water partition coefficient (Wildman–Crippen LogP) is 4.24. The number of halogens is 1. The molecule has 4 rings (SSSR count). The number of likely N-dealkylation sites (tertiary alicyclic amines) is 1. The summed E-state index contributed by atoms with van der Waals surface area (Å²) in [5.41, 5.74) is 1.74. The zero-order chi connectivity index (χ0) is 23.8. The molecule has 0 spiro atoms. The van der Waals surface area contributed by atoms with Crippen LogP contribution in [0.25, 0.3) is 0 Å². The highest BCUT2D eigenvalue weighted by molar-refractivity contribution is 5.97. The maximum Gasteiger partial charge on any atom is 0.262 e. The topological polar surface area (TPSA) is 70.7 Å². The summed E-state index contributed by atoms with van der Waals surface area (Å²) in [5, 5.41) is 5.57. The van der Waals surface area contributed by atoms with Crippen molar-refractivity contribution in [2.45, 2.75) is 25.4 Å². The van der Waals surface area contributed by atoms with Crippen molar-refractivity contribution in [1.82, 2.24) is 10.2 Å². The zero-order valence-corrected chi connectivity index (χ0v) is 18.9. The molecular formula is C27H28FN3O3. The molecule has 3 aromatic rings. The van der Waals surface area contributed by atoms with Gasteiger partial charge in [0.2, 0.25) is 0 Å². The third-order valence-electron chi connectivity index (χ3n) is 5.81. The molecule has 0 atom stereocenters. The molecule has 0 aliphatic carbocycles. The smallest absolute Gasteiger partial charge is 0.262 e. The standard InChI is InChI=1S/C27H28FN3O3/c28-23-11-5-6-12-24(23)30-26(32)19-34-25-13-7-4-10-22(25)27(33)29-21-14-16-31(17-15-21)18-20-8-2-1-3-9-20/h1-13,21H,14-19H2,(H,29,33)(H,30,32). The van der Waals surface area contributed by atoms with E-state index >= 15 is 0 Å². The largest absolute Gasteiger partial charge is 0.483 e. The lowest BCUT2D eigenvalue weighted by atomic mass is 10.0. The summed E-state index contributed by atoms with van der Waals surface area (Å²) < 4.78 is 19.3. The van der Waals surface area contributed by atoms with E-state index < -0.39 is 11.7 Å². The van der Waals surface area contributed by atoms with Crippen LogP contribution in [0.3, 0.4) is 0 Å². The number of carbonyl (C=O) groups excluding carboxylic acids is 2. The minimum absolute atomic E-state index is 0.0805. The van der Waals surface area contributed by atoms with Gasteiger partial charge in [0.05, 0.1) is 11.3 Å². The van der Waals surface area contributed by atoms with Crippen molar-refractivity contribution in [3.63, 3.8) is 0 Å². The van der Waals surface area contributed by atoms with E-state index in [1.807, 2.05) is 18.2 Å². The van der Waals surface area contributed by atoms with Crippen LogP contribution < -0.4 is 15.4 Å². The Morgan fingerprint density at radius 2 is 1.59 bits per heavy atom. The molecule has 1 heterocycles. The van der Waals surface area contributed by atoms with Crippen LogP contribution in [0.4, 0.5) is 10.1 Å². The number of hydrogen-bond donors (Lipinski definition) is 2. The van der Waals surface area contributed by atoms with Gasteiger partial charge in [0, 0.05) is 25.7 Å². The number of ether oxygens (including phenoxy) is 1. The summed E-state index contributed by atoms with van der Waals surface area (Å²) in [6.07, 6.45) is 1.74. The second-order valence-electron chi connectivity index (χ2n) is 8.32. The van der Waals surface area contributed by atoms with Gasteiger partial charge in [-0.05, 0) is 42.7 Å². The zero-order valence-electron chi connectivity index (χ0n) is 18.9. The second-order valence-corrected chi connectivity index (χ2v) is 8.32. The number of anilines is 1. The van der Waals surface area contributed by atoms with Crippen molar-refractivity contribution in [3.05, 3.63) is 95.8 Å². The molecular weight excluding hydrogens is 433 g/mol. The predicted molar refractivity (Wildman–Crippen MR) is 129 cm³/mol. The van der Waals surface area contributed by atoms with Crippen molar-refractivity contribution in [2.24, 2.45) is 0 Å². The molecule has 0 bridgehead atoms. The van der Waals surface area contributed by atoms with Gasteiger partial charge in [0.25, 0.3) is 11.8 Å². The molecule has 1 saturated heterocycles. The van der Waals surface area contributed by atoms with Crippen LogP contribution in [0.1, 0.15) is 28.8 Å². The average Bonchev–Trinajstić information content (AvgIpc) is 2.86. The Balaban J connectivity index is 1.28. The van der Waals surface area contributed by atoms with Crippen LogP contribution in [0.15, 0.2) is 78.9 Å². The second kappa shape index (κ2) is 11.4. The molecule has 6 nitrogen and oxygen atoms in total. The first-order valence-electron chi connectivity index (χ1n) is 11.4. The molecule has 3 aromatic carbocycles. The summed E-state index contributed by atoms with van der Waals surface area (Å²) in [7, 11) is 0. The van der Waals surface area contributed by atoms with Crippen LogP contribution in [0.5, 0.6) is 5.75 Å². The molecule has 1 aliphatic heterocycles. The molecule has 1 fully saturated rings. The van der Waals surface area contributed by atoms with E-state index in [0.717, 1.165) is 32.5 Å². The maximum absolute atomic E-state index is 13.7. The first kappa shape index (κ1) is 23.4. The van der Waals surface area contributed by atoms with Gasteiger partial charge in [0.15, 0.2) is 6.61 Å². The molecule has 34 heavy (non-hydrogen) atoms. The van der Waals surface area contributed by atoms with E-state index in [2.05, 4.69) is 27.7 Å². The number of carbonyl (C=O) groups is 2. The Hall–Kier alpha value is -3.71. The summed E-state index contributed by atoms with van der Waals surface area (Å²) in [6, 6.07) is 23.2. The van der Waals surface area contributed by atoms with E-state index in [4.69, 9.17) is 4.74 Å². The summed E-state index contributed by atoms with van der Waals surface area (Å²) in [5.74, 6) is -0.951. The average molecular weight is 462 g/mol. The van der Waals surface area contributed by atoms with E-state index in [0.29, 0.717) is 11.3 Å². The van der Waals surface area contributed by atoms with Gasteiger partial charge < -0.3 is 15.4 Å². The molecule has 1 aliphatic rings. The number of nitrogens with zero attached hydrogens (tertiary/aromatic N) is 1. The van der Waals surface area contributed by atoms with Gasteiger partial charge in [-0.25, -0.2) is 4.39 Å². The summed E-state index contributed by atoms with van der Waals surface area (Å²) in [6.45, 7) is 2.39. The number of benzene rings is 3. The summed E-state index contributed by atoms with van der Waals surface area (Å²) in [4.78, 5) is 27.5. The molecule has 2 amide bonds. The Bertz CT molecular complexity index is 1110. The Morgan fingerprint density at radius 1 is 0.912 bits per heavy atom. The molecule has 7 heteroatoms. The van der Waals surface area contributed by atoms with E-state index in [1.54, 1.807) is 36.4 Å². The molecule has 0 aromatic heterocycles. The van der Waals surface area contributed by atoms with Crippen LogP contribution in [-0.4, -0.2) is 42.5 Å². The lowest BCUT2D eigenvalue weighted by Crippen LogP contribution is -2.44. The lowest BCUT2D eigenvalue weighted by molar-refractivity contribution is -0.118. The molecule has 0 saturated carbocycles. The highest BCUT2D eigenvalue weighted by Crippen LogP contribution is 2.20. The van der Waals surface area contributed by atoms with Crippen molar-refractivity contribution in [2.75, 3.05) is 25.0 Å². The summed E-state index contributed by atoms with van der Waals surface area (Å²) >= 11 is 0. The lowest BCUT2D eigenvalue weighted by Gasteiger charge is -2.32. The molecule has 2 N–H and O–H groups in total. The number of rotatable bonds is 8. The Kier molecular flexibility index (Phi) is 7.88. The first-order chi connectivity index (χ1) is 16.6. The Morgan fingerprint density at radius 3 is 2.35 bits per heavy atom. The quantitative estimate of drug-likeness (QED) is 0.527. The van der Waals surface area contributed by atoms with Gasteiger partial charge in [-0.1, -0.05) is 54.6 Å².